The van der Waals surface area contributed by atoms with E-state index in [9.17, 15) is 26.0 Å². The van der Waals surface area contributed by atoms with E-state index in [1.807, 2.05) is 0 Å². The number of nitrogens with one attached hydrogen (secondary N) is 1. The fourth-order valence-electron chi connectivity index (χ4n) is 2.96. The van der Waals surface area contributed by atoms with Crippen molar-refractivity contribution in [3.05, 3.63) is 59.8 Å². The molecule has 10 heteroatoms. The fourth-order valence-corrected chi connectivity index (χ4v) is 3.99. The second kappa shape index (κ2) is 7.51. The lowest BCUT2D eigenvalue weighted by Gasteiger charge is -2.10. The lowest BCUT2D eigenvalue weighted by atomic mass is 10.2. The van der Waals surface area contributed by atoms with Crippen LogP contribution in [0.2, 0.25) is 0 Å². The smallest absolute Gasteiger partial charge is 0.345 e. The summed E-state index contributed by atoms with van der Waals surface area (Å²) < 4.78 is 80.2. The van der Waals surface area contributed by atoms with Gasteiger partial charge in [0, 0.05) is 36.8 Å². The van der Waals surface area contributed by atoms with Crippen molar-refractivity contribution in [1.29, 1.82) is 0 Å². The zero-order chi connectivity index (χ0) is 20.5. The Morgan fingerprint density at radius 3 is 2.43 bits per heavy atom. The molecular weight excluding hydrogens is 398 g/mol. The number of pyridine rings is 1. The normalized spacial score (nSPS) is 12.6. The van der Waals surface area contributed by atoms with Crippen LogP contribution in [0.5, 0.6) is 0 Å². The standard InChI is InChI=1S/C18H17F4N3O2S/c1-2-25-14(9-12-11-23-17(10-16(12)25)18(20,21)22)7-8-24-28(26,27)15-5-3-13(19)4-6-15/h3-6,9-11,24H,2,7-8H2,1H3. The maximum absolute atomic E-state index is 12.9. The number of sulfonamides is 1. The summed E-state index contributed by atoms with van der Waals surface area (Å²) in [4.78, 5) is 3.39. The van der Waals surface area contributed by atoms with Gasteiger partial charge >= 0.3 is 6.18 Å². The Morgan fingerprint density at radius 1 is 1.14 bits per heavy atom. The van der Waals surface area contributed by atoms with Crippen molar-refractivity contribution >= 4 is 20.9 Å². The number of aromatic nitrogens is 2. The van der Waals surface area contributed by atoms with Crippen LogP contribution in [-0.2, 0) is 29.2 Å². The summed E-state index contributed by atoms with van der Waals surface area (Å²) in [5.74, 6) is -0.543. The number of benzene rings is 1. The Morgan fingerprint density at radius 2 is 1.82 bits per heavy atom. The molecule has 3 rings (SSSR count). The van der Waals surface area contributed by atoms with Gasteiger partial charge in [-0.2, -0.15) is 13.2 Å². The summed E-state index contributed by atoms with van der Waals surface area (Å²) in [6, 6.07) is 7.10. The Hall–Kier alpha value is -2.46. The molecule has 0 fully saturated rings. The molecule has 0 aliphatic rings. The van der Waals surface area contributed by atoms with Gasteiger partial charge in [0.25, 0.3) is 0 Å². The molecule has 0 saturated carbocycles. The highest BCUT2D eigenvalue weighted by Crippen LogP contribution is 2.30. The molecule has 0 unspecified atom stereocenters. The quantitative estimate of drug-likeness (QED) is 0.624. The molecule has 0 bridgehead atoms. The highest BCUT2D eigenvalue weighted by Gasteiger charge is 2.33. The van der Waals surface area contributed by atoms with Crippen LogP contribution in [-0.4, -0.2) is 24.5 Å². The number of alkyl halides is 3. The maximum Gasteiger partial charge on any atom is 0.433 e. The lowest BCUT2D eigenvalue weighted by molar-refractivity contribution is -0.141. The number of hydrogen-bond donors (Lipinski definition) is 1. The van der Waals surface area contributed by atoms with E-state index in [1.165, 1.54) is 0 Å². The van der Waals surface area contributed by atoms with Crippen LogP contribution >= 0.6 is 0 Å². The molecule has 28 heavy (non-hydrogen) atoms. The van der Waals surface area contributed by atoms with Crippen molar-refractivity contribution in [1.82, 2.24) is 14.3 Å². The Bertz CT molecular complexity index is 1090. The SMILES string of the molecule is CCn1c(CCNS(=O)(=O)c2ccc(F)cc2)cc2cnc(C(F)(F)F)cc21. The van der Waals surface area contributed by atoms with E-state index in [1.54, 1.807) is 17.6 Å². The van der Waals surface area contributed by atoms with Gasteiger partial charge in [-0.1, -0.05) is 0 Å². The van der Waals surface area contributed by atoms with E-state index in [-0.39, 0.29) is 17.9 Å². The largest absolute Gasteiger partial charge is 0.433 e. The molecule has 2 aromatic heterocycles. The molecule has 150 valence electrons. The number of hydrogen-bond acceptors (Lipinski definition) is 3. The van der Waals surface area contributed by atoms with Gasteiger partial charge in [-0.05, 0) is 43.3 Å². The molecule has 1 aromatic carbocycles. The second-order valence-corrected chi connectivity index (χ2v) is 7.87. The molecule has 2 heterocycles. The van der Waals surface area contributed by atoms with Crippen LogP contribution in [0.25, 0.3) is 10.9 Å². The minimum absolute atomic E-state index is 0.0373. The molecule has 5 nitrogen and oxygen atoms in total. The molecule has 0 saturated heterocycles. The van der Waals surface area contributed by atoms with Gasteiger partial charge in [-0.3, -0.25) is 4.98 Å². The molecule has 0 atom stereocenters. The molecule has 3 aromatic rings. The highest BCUT2D eigenvalue weighted by molar-refractivity contribution is 7.89. The third kappa shape index (κ3) is 4.17. The van der Waals surface area contributed by atoms with Crippen LogP contribution in [0.1, 0.15) is 18.3 Å². The first-order valence-corrected chi connectivity index (χ1v) is 9.90. The van der Waals surface area contributed by atoms with Crippen molar-refractivity contribution in [2.45, 2.75) is 31.0 Å². The van der Waals surface area contributed by atoms with Crippen molar-refractivity contribution in [3.63, 3.8) is 0 Å². The van der Waals surface area contributed by atoms with Crippen LogP contribution in [0.3, 0.4) is 0 Å². The first-order chi connectivity index (χ1) is 13.1. The van der Waals surface area contributed by atoms with E-state index >= 15 is 0 Å². The van der Waals surface area contributed by atoms with Gasteiger partial charge in [0.1, 0.15) is 11.5 Å². The van der Waals surface area contributed by atoms with Crippen molar-refractivity contribution in [2.75, 3.05) is 6.54 Å². The topological polar surface area (TPSA) is 64.0 Å². The Labute approximate surface area is 159 Å². The van der Waals surface area contributed by atoms with E-state index in [2.05, 4.69) is 9.71 Å². The van der Waals surface area contributed by atoms with Gasteiger partial charge in [0.2, 0.25) is 10.0 Å². The first-order valence-electron chi connectivity index (χ1n) is 8.42. The van der Waals surface area contributed by atoms with E-state index < -0.39 is 27.7 Å². The van der Waals surface area contributed by atoms with Crippen LogP contribution in [0.4, 0.5) is 17.6 Å². The minimum Gasteiger partial charge on any atom is -0.345 e. The van der Waals surface area contributed by atoms with Gasteiger partial charge in [-0.25, -0.2) is 17.5 Å². The van der Waals surface area contributed by atoms with Crippen LogP contribution in [0.15, 0.2) is 47.5 Å². The summed E-state index contributed by atoms with van der Waals surface area (Å²) in [6.45, 7) is 2.25. The van der Waals surface area contributed by atoms with Crippen LogP contribution in [0, 0.1) is 5.82 Å². The summed E-state index contributed by atoms with van der Waals surface area (Å²) in [7, 11) is -3.81. The van der Waals surface area contributed by atoms with Gasteiger partial charge in [0.15, 0.2) is 0 Å². The summed E-state index contributed by atoms with van der Waals surface area (Å²) in [5.41, 5.74) is 0.0954. The van der Waals surface area contributed by atoms with Crippen molar-refractivity contribution in [2.24, 2.45) is 0 Å². The summed E-state index contributed by atoms with van der Waals surface area (Å²) >= 11 is 0. The zero-order valence-corrected chi connectivity index (χ0v) is 15.6. The molecule has 0 spiro atoms. The average Bonchev–Trinajstić information content (AvgIpc) is 2.97. The molecule has 0 aliphatic heterocycles. The Kier molecular flexibility index (Phi) is 5.44. The second-order valence-electron chi connectivity index (χ2n) is 6.11. The highest BCUT2D eigenvalue weighted by atomic mass is 32.2. The zero-order valence-electron chi connectivity index (χ0n) is 14.8. The van der Waals surface area contributed by atoms with Gasteiger partial charge in [-0.15, -0.1) is 0 Å². The lowest BCUT2D eigenvalue weighted by Crippen LogP contribution is -2.26. The first kappa shape index (κ1) is 20.3. The fraction of sp³-hybridized carbons (Fsp3) is 0.278. The van der Waals surface area contributed by atoms with Gasteiger partial charge in [0.05, 0.1) is 10.4 Å². The number of halogens is 4. The molecule has 0 radical (unpaired) electrons. The molecule has 0 aliphatic carbocycles. The molecule has 1 N–H and O–H groups in total. The number of fused-ring (bicyclic) bond motifs is 1. The van der Waals surface area contributed by atoms with Crippen LogP contribution < -0.4 is 4.72 Å². The average molecular weight is 415 g/mol. The maximum atomic E-state index is 12.9. The number of nitrogens with zero attached hydrogens (tertiary/aromatic N) is 2. The predicted octanol–water partition coefficient (Wildman–Crippen LogP) is 3.74. The summed E-state index contributed by atoms with van der Waals surface area (Å²) in [5, 5.41) is 0.547. The number of aryl methyl sites for hydroxylation is 1. The van der Waals surface area contributed by atoms with Gasteiger partial charge < -0.3 is 4.57 Å². The molecular formula is C18H17F4N3O2S. The van der Waals surface area contributed by atoms with E-state index in [0.29, 0.717) is 23.1 Å². The van der Waals surface area contributed by atoms with Crippen molar-refractivity contribution < 1.29 is 26.0 Å². The van der Waals surface area contributed by atoms with E-state index in [0.717, 1.165) is 36.5 Å². The monoisotopic (exact) mass is 415 g/mol. The summed E-state index contributed by atoms with van der Waals surface area (Å²) in [6.07, 6.45) is -3.11. The third-order valence-electron chi connectivity index (χ3n) is 4.28. The third-order valence-corrected chi connectivity index (χ3v) is 5.75. The minimum atomic E-state index is -4.54. The van der Waals surface area contributed by atoms with E-state index in [4.69, 9.17) is 0 Å². The molecule has 0 amide bonds. The number of rotatable bonds is 6. The van der Waals surface area contributed by atoms with Crippen molar-refractivity contribution in [3.8, 4) is 0 Å². The predicted molar refractivity (Wildman–Crippen MR) is 95.7 cm³/mol. The Balaban J connectivity index is 1.79.